The number of fused-ring (bicyclic) bond motifs is 1. The van der Waals surface area contributed by atoms with E-state index in [0.29, 0.717) is 23.0 Å². The van der Waals surface area contributed by atoms with Crippen molar-refractivity contribution in [2.24, 2.45) is 0 Å². The topological polar surface area (TPSA) is 88.9 Å². The maximum Gasteiger partial charge on any atom is 0.267 e. The fourth-order valence-corrected chi connectivity index (χ4v) is 3.86. The minimum Gasteiger partial charge on any atom is -0.454 e. The summed E-state index contributed by atoms with van der Waals surface area (Å²) in [4.78, 5) is 29.3. The van der Waals surface area contributed by atoms with Crippen LogP contribution < -0.4 is 30.1 Å². The first kappa shape index (κ1) is 19.9. The van der Waals surface area contributed by atoms with E-state index in [4.69, 9.17) is 9.47 Å². The van der Waals surface area contributed by atoms with Crippen molar-refractivity contribution in [1.82, 2.24) is 9.78 Å². The highest BCUT2D eigenvalue weighted by Crippen LogP contribution is 2.34. The van der Waals surface area contributed by atoms with E-state index in [1.807, 2.05) is 18.2 Å². The van der Waals surface area contributed by atoms with Gasteiger partial charge in [-0.15, -0.1) is 0 Å². The van der Waals surface area contributed by atoms with E-state index in [1.54, 1.807) is 24.3 Å². The fraction of sp³-hybridized carbons (Fsp3) is 0.261. The van der Waals surface area contributed by atoms with Gasteiger partial charge < -0.3 is 24.6 Å². The average Bonchev–Trinajstić information content (AvgIpc) is 3.29. The summed E-state index contributed by atoms with van der Waals surface area (Å²) in [5.41, 5.74) is 1.45. The largest absolute Gasteiger partial charge is 0.454 e. The second kappa shape index (κ2) is 8.62. The molecule has 5 rings (SSSR count). The Kier molecular flexibility index (Phi) is 5.37. The van der Waals surface area contributed by atoms with E-state index >= 15 is 0 Å². The molecule has 9 heteroatoms. The highest BCUT2D eigenvalue weighted by Gasteiger charge is 2.20. The standard InChI is InChI=1S/C23H23N5O4/c29-22(24-17-6-7-19-20(14-17)32-16-31-19)15-28-23(30)9-8-21(25-28)27-12-10-26(11-13-27)18-4-2-1-3-5-18/h1-9,14H,10-13,15-16H2,(H,24,29). The predicted molar refractivity (Wildman–Crippen MR) is 121 cm³/mol. The van der Waals surface area contributed by atoms with Gasteiger partial charge in [-0.05, 0) is 30.3 Å². The van der Waals surface area contributed by atoms with Crippen molar-refractivity contribution in [3.05, 3.63) is 71.0 Å². The summed E-state index contributed by atoms with van der Waals surface area (Å²) in [6, 6.07) is 18.6. The van der Waals surface area contributed by atoms with E-state index in [2.05, 4.69) is 32.3 Å². The van der Waals surface area contributed by atoms with Gasteiger partial charge in [0.2, 0.25) is 12.7 Å². The molecule has 2 aromatic carbocycles. The third kappa shape index (κ3) is 4.22. The van der Waals surface area contributed by atoms with Gasteiger partial charge >= 0.3 is 0 Å². The summed E-state index contributed by atoms with van der Waals surface area (Å²) >= 11 is 0. The second-order valence-electron chi connectivity index (χ2n) is 7.61. The number of aromatic nitrogens is 2. The number of carbonyl (C=O) groups is 1. The quantitative estimate of drug-likeness (QED) is 0.658. The summed E-state index contributed by atoms with van der Waals surface area (Å²) in [7, 11) is 0. The van der Waals surface area contributed by atoms with E-state index in [1.165, 1.54) is 16.4 Å². The molecule has 0 radical (unpaired) electrons. The summed E-state index contributed by atoms with van der Waals surface area (Å²) in [6.45, 7) is 3.27. The molecule has 0 saturated carbocycles. The average molecular weight is 433 g/mol. The van der Waals surface area contributed by atoms with Crippen molar-refractivity contribution in [1.29, 1.82) is 0 Å². The summed E-state index contributed by atoms with van der Waals surface area (Å²) in [6.07, 6.45) is 0. The number of nitrogens with one attached hydrogen (secondary N) is 1. The zero-order chi connectivity index (χ0) is 21.9. The van der Waals surface area contributed by atoms with Crippen LogP contribution in [0.5, 0.6) is 11.5 Å². The van der Waals surface area contributed by atoms with Gasteiger partial charge in [-0.25, -0.2) is 4.68 Å². The third-order valence-corrected chi connectivity index (χ3v) is 5.53. The van der Waals surface area contributed by atoms with Crippen LogP contribution in [0.4, 0.5) is 17.2 Å². The molecule has 1 fully saturated rings. The molecule has 9 nitrogen and oxygen atoms in total. The Morgan fingerprint density at radius 2 is 1.66 bits per heavy atom. The van der Waals surface area contributed by atoms with Gasteiger partial charge in [0.15, 0.2) is 11.5 Å². The number of amides is 1. The minimum atomic E-state index is -0.343. The normalized spacial score (nSPS) is 15.0. The van der Waals surface area contributed by atoms with Crippen LogP contribution in [0.3, 0.4) is 0 Å². The van der Waals surface area contributed by atoms with Gasteiger partial charge in [0.1, 0.15) is 12.4 Å². The number of piperazine rings is 1. The molecule has 2 aliphatic heterocycles. The van der Waals surface area contributed by atoms with Gasteiger partial charge in [0.25, 0.3) is 5.56 Å². The molecule has 0 spiro atoms. The van der Waals surface area contributed by atoms with Gasteiger partial charge in [-0.2, -0.15) is 5.10 Å². The van der Waals surface area contributed by atoms with Crippen molar-refractivity contribution < 1.29 is 14.3 Å². The summed E-state index contributed by atoms with van der Waals surface area (Å²) in [5, 5.41) is 7.22. The number of hydrogen-bond donors (Lipinski definition) is 1. The molecule has 32 heavy (non-hydrogen) atoms. The van der Waals surface area contributed by atoms with Crippen LogP contribution in [0.15, 0.2) is 65.5 Å². The van der Waals surface area contributed by atoms with Crippen LogP contribution in [0.2, 0.25) is 0 Å². The summed E-state index contributed by atoms with van der Waals surface area (Å²) < 4.78 is 11.8. The van der Waals surface area contributed by atoms with E-state index in [-0.39, 0.29) is 24.8 Å². The van der Waals surface area contributed by atoms with Gasteiger partial charge in [-0.3, -0.25) is 9.59 Å². The molecule has 164 valence electrons. The maximum absolute atomic E-state index is 12.5. The number of nitrogens with zero attached hydrogens (tertiary/aromatic N) is 4. The highest BCUT2D eigenvalue weighted by atomic mass is 16.7. The molecule has 1 amide bonds. The molecule has 0 bridgehead atoms. The number of carbonyl (C=O) groups excluding carboxylic acids is 1. The van der Waals surface area contributed by atoms with E-state index in [0.717, 1.165) is 26.2 Å². The van der Waals surface area contributed by atoms with Gasteiger partial charge in [-0.1, -0.05) is 18.2 Å². The van der Waals surface area contributed by atoms with Gasteiger partial charge in [0.05, 0.1) is 0 Å². The van der Waals surface area contributed by atoms with E-state index < -0.39 is 0 Å². The Morgan fingerprint density at radius 1 is 0.906 bits per heavy atom. The first-order chi connectivity index (χ1) is 15.7. The fourth-order valence-electron chi connectivity index (χ4n) is 3.86. The number of ether oxygens (including phenoxy) is 2. The first-order valence-electron chi connectivity index (χ1n) is 10.5. The maximum atomic E-state index is 12.5. The lowest BCUT2D eigenvalue weighted by atomic mass is 10.2. The van der Waals surface area contributed by atoms with Crippen molar-refractivity contribution in [3.63, 3.8) is 0 Å². The molecule has 1 N–H and O–H groups in total. The van der Waals surface area contributed by atoms with Crippen LogP contribution in [0.25, 0.3) is 0 Å². The van der Waals surface area contributed by atoms with Crippen LogP contribution in [-0.4, -0.2) is 48.7 Å². The number of para-hydroxylation sites is 1. The number of hydrogen-bond acceptors (Lipinski definition) is 7. The summed E-state index contributed by atoms with van der Waals surface area (Å²) in [5.74, 6) is 1.56. The molecule has 1 aromatic heterocycles. The number of rotatable bonds is 5. The lowest BCUT2D eigenvalue weighted by Crippen LogP contribution is -2.47. The number of benzene rings is 2. The molecular weight excluding hydrogens is 410 g/mol. The first-order valence-corrected chi connectivity index (χ1v) is 10.5. The lowest BCUT2D eigenvalue weighted by Gasteiger charge is -2.36. The van der Waals surface area contributed by atoms with E-state index in [9.17, 15) is 9.59 Å². The molecule has 0 atom stereocenters. The zero-order valence-corrected chi connectivity index (χ0v) is 17.4. The SMILES string of the molecule is O=C(Cn1nc(N2CCN(c3ccccc3)CC2)ccc1=O)Nc1ccc2c(c1)OCO2. The molecule has 3 aromatic rings. The van der Waals surface area contributed by atoms with Crippen molar-refractivity contribution >= 4 is 23.1 Å². The van der Waals surface area contributed by atoms with Crippen molar-refractivity contribution in [2.45, 2.75) is 6.54 Å². The smallest absolute Gasteiger partial charge is 0.267 e. The highest BCUT2D eigenvalue weighted by molar-refractivity contribution is 5.90. The van der Waals surface area contributed by atoms with Crippen LogP contribution in [0, 0.1) is 0 Å². The predicted octanol–water partition coefficient (Wildman–Crippen LogP) is 1.94. The molecule has 1 saturated heterocycles. The molecule has 2 aliphatic rings. The Hall–Kier alpha value is -4.01. The Balaban J connectivity index is 1.23. The monoisotopic (exact) mass is 433 g/mol. The Morgan fingerprint density at radius 3 is 2.47 bits per heavy atom. The molecule has 0 unspecified atom stereocenters. The lowest BCUT2D eigenvalue weighted by molar-refractivity contribution is -0.117. The Labute approximate surface area is 184 Å². The van der Waals surface area contributed by atoms with Gasteiger partial charge in [0, 0.05) is 49.7 Å². The number of anilines is 3. The van der Waals surface area contributed by atoms with Crippen LogP contribution >= 0.6 is 0 Å². The Bertz CT molecular complexity index is 1170. The second-order valence-corrected chi connectivity index (χ2v) is 7.61. The zero-order valence-electron chi connectivity index (χ0n) is 17.4. The minimum absolute atomic E-state index is 0.165. The molecule has 3 heterocycles. The molecular formula is C23H23N5O4. The van der Waals surface area contributed by atoms with Crippen LogP contribution in [0.1, 0.15) is 0 Å². The van der Waals surface area contributed by atoms with Crippen molar-refractivity contribution in [2.75, 3.05) is 48.1 Å². The van der Waals surface area contributed by atoms with Crippen molar-refractivity contribution in [3.8, 4) is 11.5 Å². The molecule has 0 aliphatic carbocycles. The third-order valence-electron chi connectivity index (χ3n) is 5.53. The van der Waals surface area contributed by atoms with Crippen LogP contribution in [-0.2, 0) is 11.3 Å².